The number of carbonyl (C=O) groups excluding carboxylic acids is 2. The van der Waals surface area contributed by atoms with E-state index in [2.05, 4.69) is 4.98 Å². The number of nitrogens with zero attached hydrogens (tertiary/aromatic N) is 3. The Hall–Kier alpha value is -1.95. The predicted octanol–water partition coefficient (Wildman–Crippen LogP) is 1.46. The third-order valence-corrected chi connectivity index (χ3v) is 5.15. The van der Waals surface area contributed by atoms with Crippen molar-refractivity contribution >= 4 is 11.8 Å². The quantitative estimate of drug-likeness (QED) is 0.838. The van der Waals surface area contributed by atoms with Crippen molar-refractivity contribution in [2.75, 3.05) is 33.4 Å². The van der Waals surface area contributed by atoms with Gasteiger partial charge in [-0.15, -0.1) is 0 Å². The van der Waals surface area contributed by atoms with Gasteiger partial charge in [-0.3, -0.25) is 14.6 Å². The predicted molar refractivity (Wildman–Crippen MR) is 89.0 cm³/mol. The van der Waals surface area contributed by atoms with Crippen molar-refractivity contribution < 1.29 is 14.3 Å². The standard InChI is InChI=1S/C18H25N3O3/c1-24-12-17(23)20-10-2-6-18(13-20)7-3-16(22)21(14-18)11-15-4-8-19-9-5-15/h4-5,8-9H,2-3,6-7,10-14H2,1H3/t18-/m1/s1. The number of ether oxygens (including phenoxy) is 1. The highest BCUT2D eigenvalue weighted by Crippen LogP contribution is 2.39. The zero-order valence-corrected chi connectivity index (χ0v) is 14.2. The summed E-state index contributed by atoms with van der Waals surface area (Å²) in [7, 11) is 1.55. The summed E-state index contributed by atoms with van der Waals surface area (Å²) in [6.45, 7) is 3.01. The number of hydrogen-bond donors (Lipinski definition) is 0. The molecule has 3 rings (SSSR count). The summed E-state index contributed by atoms with van der Waals surface area (Å²) in [4.78, 5) is 32.4. The lowest BCUT2D eigenvalue weighted by molar-refractivity contribution is -0.145. The lowest BCUT2D eigenvalue weighted by Crippen LogP contribution is -2.55. The largest absolute Gasteiger partial charge is 0.375 e. The maximum Gasteiger partial charge on any atom is 0.248 e. The first-order valence-electron chi connectivity index (χ1n) is 8.55. The molecule has 1 aromatic rings. The molecule has 24 heavy (non-hydrogen) atoms. The fourth-order valence-corrected chi connectivity index (χ4v) is 3.92. The van der Waals surface area contributed by atoms with Gasteiger partial charge in [-0.2, -0.15) is 0 Å². The third-order valence-electron chi connectivity index (χ3n) is 5.15. The molecule has 0 bridgehead atoms. The summed E-state index contributed by atoms with van der Waals surface area (Å²) in [5, 5.41) is 0. The molecule has 2 fully saturated rings. The van der Waals surface area contributed by atoms with Crippen molar-refractivity contribution in [3.63, 3.8) is 0 Å². The van der Waals surface area contributed by atoms with Crippen LogP contribution in [0.4, 0.5) is 0 Å². The van der Waals surface area contributed by atoms with Crippen LogP contribution in [0.3, 0.4) is 0 Å². The molecule has 0 saturated carbocycles. The smallest absolute Gasteiger partial charge is 0.248 e. The summed E-state index contributed by atoms with van der Waals surface area (Å²) in [5.74, 6) is 0.256. The second-order valence-corrected chi connectivity index (χ2v) is 6.96. The van der Waals surface area contributed by atoms with Crippen molar-refractivity contribution in [3.05, 3.63) is 30.1 Å². The molecule has 130 valence electrons. The normalized spacial score (nSPS) is 24.5. The van der Waals surface area contributed by atoms with E-state index in [1.807, 2.05) is 21.9 Å². The molecule has 0 N–H and O–H groups in total. The highest BCUT2D eigenvalue weighted by atomic mass is 16.5. The van der Waals surface area contributed by atoms with Crippen LogP contribution in [-0.4, -0.2) is 59.9 Å². The minimum Gasteiger partial charge on any atom is -0.375 e. The first kappa shape index (κ1) is 16.9. The molecule has 3 heterocycles. The molecule has 0 radical (unpaired) electrons. The Balaban J connectivity index is 1.69. The molecular weight excluding hydrogens is 306 g/mol. The minimum absolute atomic E-state index is 0.0303. The monoisotopic (exact) mass is 331 g/mol. The summed E-state index contributed by atoms with van der Waals surface area (Å²) < 4.78 is 4.99. The van der Waals surface area contributed by atoms with Crippen LogP contribution in [0.15, 0.2) is 24.5 Å². The fraction of sp³-hybridized carbons (Fsp3) is 0.611. The van der Waals surface area contributed by atoms with Gasteiger partial charge in [-0.25, -0.2) is 0 Å². The van der Waals surface area contributed by atoms with Gasteiger partial charge in [0, 0.05) is 57.5 Å². The van der Waals surface area contributed by atoms with E-state index in [1.54, 1.807) is 19.5 Å². The average molecular weight is 331 g/mol. The second kappa shape index (κ2) is 7.30. The zero-order valence-electron chi connectivity index (χ0n) is 14.2. The van der Waals surface area contributed by atoms with E-state index in [0.29, 0.717) is 13.0 Å². The zero-order chi connectivity index (χ0) is 17.0. The molecule has 0 aromatic carbocycles. The van der Waals surface area contributed by atoms with Gasteiger partial charge in [0.15, 0.2) is 0 Å². The van der Waals surface area contributed by atoms with Gasteiger partial charge >= 0.3 is 0 Å². The summed E-state index contributed by atoms with van der Waals surface area (Å²) in [6.07, 6.45) is 7.01. The number of piperidine rings is 2. The van der Waals surface area contributed by atoms with E-state index >= 15 is 0 Å². The molecular formula is C18H25N3O3. The summed E-state index contributed by atoms with van der Waals surface area (Å²) >= 11 is 0. The average Bonchev–Trinajstić information content (AvgIpc) is 2.60. The van der Waals surface area contributed by atoms with E-state index in [1.165, 1.54) is 0 Å². The van der Waals surface area contributed by atoms with Crippen LogP contribution in [-0.2, 0) is 20.9 Å². The van der Waals surface area contributed by atoms with Crippen LogP contribution >= 0.6 is 0 Å². The number of rotatable bonds is 4. The molecule has 6 nitrogen and oxygen atoms in total. The number of hydrogen-bond acceptors (Lipinski definition) is 4. The van der Waals surface area contributed by atoms with E-state index < -0.39 is 0 Å². The number of pyridine rings is 1. The van der Waals surface area contributed by atoms with E-state index in [0.717, 1.165) is 44.5 Å². The topological polar surface area (TPSA) is 62.7 Å². The van der Waals surface area contributed by atoms with Crippen LogP contribution in [0.1, 0.15) is 31.2 Å². The number of aromatic nitrogens is 1. The second-order valence-electron chi connectivity index (χ2n) is 6.96. The minimum atomic E-state index is 0.0303. The van der Waals surface area contributed by atoms with Crippen molar-refractivity contribution in [1.29, 1.82) is 0 Å². The van der Waals surface area contributed by atoms with Crippen molar-refractivity contribution in [2.24, 2.45) is 5.41 Å². The lowest BCUT2D eigenvalue weighted by Gasteiger charge is -2.48. The number of amides is 2. The molecule has 6 heteroatoms. The first-order chi connectivity index (χ1) is 11.6. The Kier molecular flexibility index (Phi) is 5.14. The van der Waals surface area contributed by atoms with Gasteiger partial charge in [0.25, 0.3) is 0 Å². The highest BCUT2D eigenvalue weighted by Gasteiger charge is 2.42. The summed E-state index contributed by atoms with van der Waals surface area (Å²) in [6, 6.07) is 3.90. The van der Waals surface area contributed by atoms with Crippen LogP contribution < -0.4 is 0 Å². The molecule has 0 aliphatic carbocycles. The SMILES string of the molecule is COCC(=O)N1CCC[C@@]2(CCC(=O)N(Cc3ccncc3)C2)C1. The van der Waals surface area contributed by atoms with Crippen molar-refractivity contribution in [3.8, 4) is 0 Å². The van der Waals surface area contributed by atoms with Crippen LogP contribution in [0, 0.1) is 5.41 Å². The van der Waals surface area contributed by atoms with Gasteiger partial charge in [0.2, 0.25) is 11.8 Å². The van der Waals surface area contributed by atoms with Crippen LogP contribution in [0.25, 0.3) is 0 Å². The Bertz CT molecular complexity index is 592. The Morgan fingerprint density at radius 2 is 2.08 bits per heavy atom. The molecule has 2 amide bonds. The summed E-state index contributed by atoms with van der Waals surface area (Å²) in [5.41, 5.74) is 1.13. The lowest BCUT2D eigenvalue weighted by atomic mass is 9.73. The highest BCUT2D eigenvalue weighted by molar-refractivity contribution is 5.78. The Labute approximate surface area is 142 Å². The van der Waals surface area contributed by atoms with Gasteiger partial charge in [0.1, 0.15) is 6.61 Å². The Morgan fingerprint density at radius 1 is 1.29 bits per heavy atom. The number of carbonyl (C=O) groups is 2. The molecule has 1 aromatic heterocycles. The van der Waals surface area contributed by atoms with Gasteiger partial charge < -0.3 is 14.5 Å². The molecule has 2 saturated heterocycles. The maximum absolute atomic E-state index is 12.4. The van der Waals surface area contributed by atoms with Crippen LogP contribution in [0.5, 0.6) is 0 Å². The molecule has 0 unspecified atom stereocenters. The van der Waals surface area contributed by atoms with Gasteiger partial charge in [0.05, 0.1) is 0 Å². The van der Waals surface area contributed by atoms with Crippen molar-refractivity contribution in [1.82, 2.24) is 14.8 Å². The molecule has 1 spiro atoms. The number of likely N-dealkylation sites (tertiary alicyclic amines) is 2. The molecule has 1 atom stereocenters. The fourth-order valence-electron chi connectivity index (χ4n) is 3.92. The molecule has 2 aliphatic heterocycles. The third kappa shape index (κ3) is 3.75. The van der Waals surface area contributed by atoms with Gasteiger partial charge in [-0.05, 0) is 37.0 Å². The van der Waals surface area contributed by atoms with E-state index in [9.17, 15) is 9.59 Å². The van der Waals surface area contributed by atoms with Crippen molar-refractivity contribution in [2.45, 2.75) is 32.2 Å². The van der Waals surface area contributed by atoms with Gasteiger partial charge in [-0.1, -0.05) is 0 Å². The maximum atomic E-state index is 12.4. The Morgan fingerprint density at radius 3 is 2.83 bits per heavy atom. The van der Waals surface area contributed by atoms with E-state index in [4.69, 9.17) is 4.74 Å². The van der Waals surface area contributed by atoms with Crippen LogP contribution in [0.2, 0.25) is 0 Å². The van der Waals surface area contributed by atoms with E-state index in [-0.39, 0.29) is 23.8 Å². The number of methoxy groups -OCH3 is 1. The first-order valence-corrected chi connectivity index (χ1v) is 8.55. The molecule has 2 aliphatic rings.